The third-order valence-electron chi connectivity index (χ3n) is 3.74. The minimum Gasteiger partial charge on any atom is -0.459 e. The molecule has 17 heavy (non-hydrogen) atoms. The summed E-state index contributed by atoms with van der Waals surface area (Å²) in [7, 11) is 0. The molecule has 1 aliphatic carbocycles. The fourth-order valence-electron chi connectivity index (χ4n) is 3.01. The van der Waals surface area contributed by atoms with Gasteiger partial charge in [-0.25, -0.2) is 0 Å². The predicted octanol–water partition coefficient (Wildman–Crippen LogP) is 2.11. The molecule has 2 bridgehead atoms. The average molecular weight is 242 g/mol. The highest BCUT2D eigenvalue weighted by Gasteiger charge is 2.60. The molecular weight excluding hydrogens is 220 g/mol. The molecular formula is C13H22O4. The number of ether oxygens (including phenoxy) is 3. The first-order chi connectivity index (χ1) is 7.98. The molecule has 5 unspecified atom stereocenters. The third-order valence-corrected chi connectivity index (χ3v) is 3.74. The number of rotatable bonds is 0. The molecule has 3 rings (SSSR count). The minimum atomic E-state index is -0.532. The van der Waals surface area contributed by atoms with Crippen LogP contribution < -0.4 is 0 Å². The standard InChI is InChI=1S/C11H16O4.C2H6/c1-5-6-4-7(13-10(5)12)9-8(6)14-11(2,3)15-9;1-2/h5-9H,4H2,1-3H3;1-2H3. The normalized spacial score (nSPS) is 45.7. The average Bonchev–Trinajstić information content (AvgIpc) is 2.73. The van der Waals surface area contributed by atoms with Crippen molar-refractivity contribution < 1.29 is 19.0 Å². The summed E-state index contributed by atoms with van der Waals surface area (Å²) in [5.74, 6) is -0.428. The van der Waals surface area contributed by atoms with Crippen molar-refractivity contribution in [1.29, 1.82) is 0 Å². The Labute approximate surface area is 103 Å². The van der Waals surface area contributed by atoms with Crippen LogP contribution in [0.5, 0.6) is 0 Å². The first-order valence-corrected chi connectivity index (χ1v) is 6.54. The van der Waals surface area contributed by atoms with E-state index in [4.69, 9.17) is 14.2 Å². The highest BCUT2D eigenvalue weighted by atomic mass is 16.8. The highest BCUT2D eigenvalue weighted by molar-refractivity contribution is 5.74. The smallest absolute Gasteiger partial charge is 0.309 e. The second kappa shape index (κ2) is 4.25. The van der Waals surface area contributed by atoms with Gasteiger partial charge in [0.05, 0.1) is 12.0 Å². The molecule has 0 aromatic rings. The van der Waals surface area contributed by atoms with E-state index in [2.05, 4.69) is 0 Å². The number of hydrogen-bond donors (Lipinski definition) is 0. The lowest BCUT2D eigenvalue weighted by atomic mass is 9.89. The molecule has 4 nitrogen and oxygen atoms in total. The summed E-state index contributed by atoms with van der Waals surface area (Å²) in [5.41, 5.74) is 0. The summed E-state index contributed by atoms with van der Waals surface area (Å²) in [5, 5.41) is 0. The van der Waals surface area contributed by atoms with E-state index in [1.54, 1.807) is 0 Å². The summed E-state index contributed by atoms with van der Waals surface area (Å²) in [6.07, 6.45) is 0.772. The van der Waals surface area contributed by atoms with Gasteiger partial charge in [0.25, 0.3) is 0 Å². The van der Waals surface area contributed by atoms with Gasteiger partial charge in [-0.3, -0.25) is 4.79 Å². The van der Waals surface area contributed by atoms with Crippen molar-refractivity contribution >= 4 is 5.97 Å². The Morgan fingerprint density at radius 1 is 1.18 bits per heavy atom. The van der Waals surface area contributed by atoms with Crippen LogP contribution in [0.1, 0.15) is 41.0 Å². The number of fused-ring (bicyclic) bond motifs is 5. The van der Waals surface area contributed by atoms with Gasteiger partial charge in [-0.05, 0) is 20.3 Å². The summed E-state index contributed by atoms with van der Waals surface area (Å²) in [6, 6.07) is 0. The van der Waals surface area contributed by atoms with E-state index in [9.17, 15) is 4.79 Å². The molecule has 98 valence electrons. The zero-order chi connectivity index (χ0) is 12.8. The minimum absolute atomic E-state index is 0.0337. The van der Waals surface area contributed by atoms with Crippen LogP contribution in [0.4, 0.5) is 0 Å². The van der Waals surface area contributed by atoms with Crippen molar-refractivity contribution in [3.8, 4) is 0 Å². The molecule has 0 aromatic heterocycles. The van der Waals surface area contributed by atoms with Gasteiger partial charge in [-0.1, -0.05) is 20.8 Å². The summed E-state index contributed by atoms with van der Waals surface area (Å²) in [6.45, 7) is 9.74. The zero-order valence-corrected chi connectivity index (χ0v) is 11.2. The van der Waals surface area contributed by atoms with E-state index in [0.717, 1.165) is 6.42 Å². The van der Waals surface area contributed by atoms with E-state index in [0.29, 0.717) is 0 Å². The quantitative estimate of drug-likeness (QED) is 0.610. The van der Waals surface area contributed by atoms with Crippen LogP contribution in [0.3, 0.4) is 0 Å². The van der Waals surface area contributed by atoms with Crippen molar-refractivity contribution in [2.45, 2.75) is 65.1 Å². The molecule has 2 saturated heterocycles. The molecule has 1 saturated carbocycles. The number of hydrogen-bond acceptors (Lipinski definition) is 4. The van der Waals surface area contributed by atoms with Gasteiger partial charge in [0, 0.05) is 5.92 Å². The van der Waals surface area contributed by atoms with Gasteiger partial charge in [0.2, 0.25) is 0 Å². The van der Waals surface area contributed by atoms with Crippen LogP contribution in [-0.2, 0) is 19.0 Å². The molecule has 0 spiro atoms. The molecule has 4 heteroatoms. The lowest BCUT2D eigenvalue weighted by molar-refractivity contribution is -0.193. The van der Waals surface area contributed by atoms with Gasteiger partial charge in [-0.2, -0.15) is 0 Å². The van der Waals surface area contributed by atoms with Crippen molar-refractivity contribution in [2.24, 2.45) is 11.8 Å². The van der Waals surface area contributed by atoms with Crippen molar-refractivity contribution in [3.63, 3.8) is 0 Å². The maximum Gasteiger partial charge on any atom is 0.309 e. The molecule has 2 aliphatic heterocycles. The fourth-order valence-corrected chi connectivity index (χ4v) is 3.01. The van der Waals surface area contributed by atoms with Crippen molar-refractivity contribution in [3.05, 3.63) is 0 Å². The fraction of sp³-hybridized carbons (Fsp3) is 0.923. The lowest BCUT2D eigenvalue weighted by Gasteiger charge is -2.29. The maximum absolute atomic E-state index is 11.5. The molecule has 3 fully saturated rings. The van der Waals surface area contributed by atoms with Crippen LogP contribution >= 0.6 is 0 Å². The van der Waals surface area contributed by atoms with E-state index >= 15 is 0 Å². The van der Waals surface area contributed by atoms with E-state index < -0.39 is 5.79 Å². The Morgan fingerprint density at radius 3 is 2.41 bits per heavy atom. The second-order valence-electron chi connectivity index (χ2n) is 5.23. The lowest BCUT2D eigenvalue weighted by Crippen LogP contribution is -2.37. The molecule has 5 atom stereocenters. The van der Waals surface area contributed by atoms with Gasteiger partial charge < -0.3 is 14.2 Å². The number of carbonyl (C=O) groups excluding carboxylic acids is 1. The Kier molecular flexibility index (Phi) is 3.21. The third kappa shape index (κ3) is 1.97. The zero-order valence-electron chi connectivity index (χ0n) is 11.2. The van der Waals surface area contributed by atoms with E-state index in [1.807, 2.05) is 34.6 Å². The number of esters is 1. The molecule has 2 heterocycles. The van der Waals surface area contributed by atoms with Crippen LogP contribution in [0, 0.1) is 11.8 Å². The van der Waals surface area contributed by atoms with Gasteiger partial charge >= 0.3 is 5.97 Å². The van der Waals surface area contributed by atoms with Crippen LogP contribution in [-0.4, -0.2) is 30.1 Å². The molecule has 0 aromatic carbocycles. The van der Waals surface area contributed by atoms with Gasteiger partial charge in [0.15, 0.2) is 5.79 Å². The summed E-state index contributed by atoms with van der Waals surface area (Å²) in [4.78, 5) is 11.5. The Bertz CT molecular complexity index is 313. The van der Waals surface area contributed by atoms with Crippen molar-refractivity contribution in [1.82, 2.24) is 0 Å². The first-order valence-electron chi connectivity index (χ1n) is 6.54. The molecule has 0 amide bonds. The summed E-state index contributed by atoms with van der Waals surface area (Å²) < 4.78 is 17.0. The summed E-state index contributed by atoms with van der Waals surface area (Å²) >= 11 is 0. The molecule has 0 radical (unpaired) electrons. The largest absolute Gasteiger partial charge is 0.459 e. The maximum atomic E-state index is 11.5. The Hall–Kier alpha value is -0.610. The SMILES string of the molecule is CC.CC1C(=O)OC2CC1C1OC(C)(C)OC21. The highest BCUT2D eigenvalue weighted by Crippen LogP contribution is 2.48. The van der Waals surface area contributed by atoms with Gasteiger partial charge in [0.1, 0.15) is 12.2 Å². The van der Waals surface area contributed by atoms with Crippen molar-refractivity contribution in [2.75, 3.05) is 0 Å². The van der Waals surface area contributed by atoms with Crippen LogP contribution in [0.25, 0.3) is 0 Å². The van der Waals surface area contributed by atoms with Crippen LogP contribution in [0.15, 0.2) is 0 Å². The Morgan fingerprint density at radius 2 is 1.76 bits per heavy atom. The predicted molar refractivity (Wildman–Crippen MR) is 62.3 cm³/mol. The Balaban J connectivity index is 0.000000514. The second-order valence-corrected chi connectivity index (χ2v) is 5.23. The van der Waals surface area contributed by atoms with E-state index in [1.165, 1.54) is 0 Å². The first kappa shape index (κ1) is 12.8. The monoisotopic (exact) mass is 242 g/mol. The molecule has 0 N–H and O–H groups in total. The van der Waals surface area contributed by atoms with Gasteiger partial charge in [-0.15, -0.1) is 0 Å². The topological polar surface area (TPSA) is 44.8 Å². The van der Waals surface area contributed by atoms with Crippen LogP contribution in [0.2, 0.25) is 0 Å². The number of carbonyl (C=O) groups is 1. The van der Waals surface area contributed by atoms with E-state index in [-0.39, 0.29) is 36.1 Å². The molecule has 3 aliphatic rings.